The van der Waals surface area contributed by atoms with Gasteiger partial charge in [0.05, 0.1) is 0 Å². The van der Waals surface area contributed by atoms with Gasteiger partial charge in [-0.15, -0.1) is 0 Å². The molecular weight excluding hydrogens is 212 g/mol. The van der Waals surface area contributed by atoms with Crippen molar-refractivity contribution in [3.63, 3.8) is 0 Å². The molecule has 0 spiro atoms. The van der Waals surface area contributed by atoms with Gasteiger partial charge in [-0.2, -0.15) is 0 Å². The van der Waals surface area contributed by atoms with Crippen LogP contribution in [-0.2, 0) is 4.79 Å². The molecule has 0 saturated heterocycles. The van der Waals surface area contributed by atoms with Crippen LogP contribution in [0.3, 0.4) is 0 Å². The Morgan fingerprint density at radius 2 is 1.92 bits per heavy atom. The molecule has 0 N–H and O–H groups in total. The van der Waals surface area contributed by atoms with E-state index in [0.717, 1.165) is 5.75 Å². The van der Waals surface area contributed by atoms with Crippen molar-refractivity contribution < 1.29 is 4.79 Å². The van der Waals surface area contributed by atoms with Crippen LogP contribution < -0.4 is 0 Å². The van der Waals surface area contributed by atoms with Gasteiger partial charge in [-0.1, -0.05) is 41.4 Å². The summed E-state index contributed by atoms with van der Waals surface area (Å²) in [5.74, 6) is 2.04. The van der Waals surface area contributed by atoms with Gasteiger partial charge in [-0.05, 0) is 18.0 Å². The number of carbonyl (C=O) groups excluding carboxylic acids is 1. The SMILES string of the molecule is CCCCCSSCCC(=O)Cl. The van der Waals surface area contributed by atoms with Gasteiger partial charge in [0.1, 0.15) is 0 Å². The van der Waals surface area contributed by atoms with Crippen molar-refractivity contribution in [3.05, 3.63) is 0 Å². The molecule has 0 heterocycles. The van der Waals surface area contributed by atoms with Crippen LogP contribution in [0.2, 0.25) is 0 Å². The second-order valence-corrected chi connectivity index (χ2v) is 5.58. The molecule has 0 aliphatic rings. The van der Waals surface area contributed by atoms with Gasteiger partial charge in [-0.25, -0.2) is 0 Å². The largest absolute Gasteiger partial charge is 0.281 e. The maximum atomic E-state index is 10.3. The van der Waals surface area contributed by atoms with Crippen LogP contribution in [0.5, 0.6) is 0 Å². The summed E-state index contributed by atoms with van der Waals surface area (Å²) in [6, 6.07) is 0. The average Bonchev–Trinajstić information content (AvgIpc) is 2.02. The zero-order valence-electron chi connectivity index (χ0n) is 7.35. The lowest BCUT2D eigenvalue weighted by Gasteiger charge is -1.97. The van der Waals surface area contributed by atoms with Crippen LogP contribution in [-0.4, -0.2) is 16.7 Å². The fourth-order valence-corrected chi connectivity index (χ4v) is 2.99. The van der Waals surface area contributed by atoms with Crippen molar-refractivity contribution in [2.24, 2.45) is 0 Å². The lowest BCUT2D eigenvalue weighted by atomic mass is 10.3. The minimum atomic E-state index is -0.225. The summed E-state index contributed by atoms with van der Waals surface area (Å²) in [6.45, 7) is 2.20. The normalized spacial score (nSPS) is 10.2. The summed E-state index contributed by atoms with van der Waals surface area (Å²) in [5.41, 5.74) is 0. The minimum absolute atomic E-state index is 0.225. The molecule has 0 fully saturated rings. The Hall–Kier alpha value is 0.660. The summed E-state index contributed by atoms with van der Waals surface area (Å²) in [4.78, 5) is 10.3. The second-order valence-electron chi connectivity index (χ2n) is 2.46. The van der Waals surface area contributed by atoms with E-state index in [4.69, 9.17) is 11.6 Å². The van der Waals surface area contributed by atoms with Crippen molar-refractivity contribution in [2.45, 2.75) is 32.6 Å². The quantitative estimate of drug-likeness (QED) is 0.357. The summed E-state index contributed by atoms with van der Waals surface area (Å²) >= 11 is 5.18. The molecule has 4 heteroatoms. The van der Waals surface area contributed by atoms with E-state index in [1.54, 1.807) is 10.8 Å². The van der Waals surface area contributed by atoms with E-state index in [1.807, 2.05) is 10.8 Å². The molecule has 0 radical (unpaired) electrons. The average molecular weight is 227 g/mol. The summed E-state index contributed by atoms with van der Waals surface area (Å²) in [5, 5.41) is -0.225. The third kappa shape index (κ3) is 10.7. The van der Waals surface area contributed by atoms with E-state index in [2.05, 4.69) is 6.92 Å². The smallest absolute Gasteiger partial charge is 0.222 e. The van der Waals surface area contributed by atoms with Gasteiger partial charge in [0.2, 0.25) is 5.24 Å². The monoisotopic (exact) mass is 226 g/mol. The molecule has 0 aromatic rings. The van der Waals surface area contributed by atoms with Gasteiger partial charge in [-0.3, -0.25) is 4.79 Å². The topological polar surface area (TPSA) is 17.1 Å². The molecule has 0 rings (SSSR count). The van der Waals surface area contributed by atoms with E-state index in [-0.39, 0.29) is 5.24 Å². The first-order chi connectivity index (χ1) is 5.77. The molecule has 0 aromatic carbocycles. The molecule has 1 nitrogen and oxygen atoms in total. The Balaban J connectivity index is 2.86. The van der Waals surface area contributed by atoms with E-state index < -0.39 is 0 Å². The summed E-state index contributed by atoms with van der Waals surface area (Å²) in [7, 11) is 3.58. The Morgan fingerprint density at radius 1 is 1.25 bits per heavy atom. The molecule has 0 amide bonds. The molecule has 0 bridgehead atoms. The third-order valence-electron chi connectivity index (χ3n) is 1.30. The number of carbonyl (C=O) groups is 1. The maximum Gasteiger partial charge on any atom is 0.222 e. The first kappa shape index (κ1) is 12.7. The van der Waals surface area contributed by atoms with Crippen molar-refractivity contribution in [1.82, 2.24) is 0 Å². The molecule has 0 aliphatic carbocycles. The summed E-state index contributed by atoms with van der Waals surface area (Å²) < 4.78 is 0. The van der Waals surface area contributed by atoms with Crippen LogP contribution in [0, 0.1) is 0 Å². The lowest BCUT2D eigenvalue weighted by molar-refractivity contribution is -0.111. The molecule has 0 atom stereocenters. The molecule has 0 unspecified atom stereocenters. The van der Waals surface area contributed by atoms with Gasteiger partial charge in [0.25, 0.3) is 0 Å². The Morgan fingerprint density at radius 3 is 2.50 bits per heavy atom. The van der Waals surface area contributed by atoms with Gasteiger partial charge in [0, 0.05) is 17.9 Å². The van der Waals surface area contributed by atoms with Crippen molar-refractivity contribution in [1.29, 1.82) is 0 Å². The van der Waals surface area contributed by atoms with Gasteiger partial charge >= 0.3 is 0 Å². The van der Waals surface area contributed by atoms with E-state index in [0.29, 0.717) is 6.42 Å². The predicted octanol–water partition coefficient (Wildman–Crippen LogP) is 3.71. The van der Waals surface area contributed by atoms with Crippen LogP contribution in [0.4, 0.5) is 0 Å². The van der Waals surface area contributed by atoms with Crippen LogP contribution >= 0.6 is 33.2 Å². The number of halogens is 1. The van der Waals surface area contributed by atoms with E-state index in [1.165, 1.54) is 25.0 Å². The maximum absolute atomic E-state index is 10.3. The number of hydrogen-bond acceptors (Lipinski definition) is 3. The summed E-state index contributed by atoms with van der Waals surface area (Å²) in [6.07, 6.45) is 4.35. The minimum Gasteiger partial charge on any atom is -0.281 e. The van der Waals surface area contributed by atoms with Crippen LogP contribution in [0.15, 0.2) is 0 Å². The first-order valence-corrected chi connectivity index (χ1v) is 7.06. The van der Waals surface area contributed by atoms with Crippen molar-refractivity contribution >= 4 is 38.4 Å². The molecule has 0 aromatic heterocycles. The number of rotatable bonds is 8. The number of hydrogen-bond donors (Lipinski definition) is 0. The van der Waals surface area contributed by atoms with Crippen molar-refractivity contribution in [3.8, 4) is 0 Å². The highest BCUT2D eigenvalue weighted by Crippen LogP contribution is 2.23. The fraction of sp³-hybridized carbons (Fsp3) is 0.875. The molecule has 0 aliphatic heterocycles. The zero-order chi connectivity index (χ0) is 9.23. The van der Waals surface area contributed by atoms with Gasteiger partial charge < -0.3 is 0 Å². The van der Waals surface area contributed by atoms with E-state index >= 15 is 0 Å². The highest BCUT2D eigenvalue weighted by Gasteiger charge is 1.95. The molecule has 12 heavy (non-hydrogen) atoms. The molecule has 72 valence electrons. The first-order valence-electron chi connectivity index (χ1n) is 4.20. The predicted molar refractivity (Wildman–Crippen MR) is 59.9 cm³/mol. The Labute approximate surface area is 87.4 Å². The lowest BCUT2D eigenvalue weighted by Crippen LogP contribution is -1.87. The number of unbranched alkanes of at least 4 members (excludes halogenated alkanes) is 2. The van der Waals surface area contributed by atoms with E-state index in [9.17, 15) is 4.79 Å². The standard InChI is InChI=1S/C8H15ClOS2/c1-2-3-4-6-11-12-7-5-8(9)10/h2-7H2,1H3. The van der Waals surface area contributed by atoms with Crippen molar-refractivity contribution in [2.75, 3.05) is 11.5 Å². The Kier molecular flexibility index (Phi) is 10.3. The zero-order valence-corrected chi connectivity index (χ0v) is 9.73. The van der Waals surface area contributed by atoms with Crippen LogP contribution in [0.25, 0.3) is 0 Å². The molecular formula is C8H15ClOS2. The van der Waals surface area contributed by atoms with Gasteiger partial charge in [0.15, 0.2) is 0 Å². The second kappa shape index (κ2) is 9.75. The highest BCUT2D eigenvalue weighted by atomic mass is 35.5. The Bertz CT molecular complexity index is 120. The highest BCUT2D eigenvalue weighted by molar-refractivity contribution is 8.76. The van der Waals surface area contributed by atoms with Crippen LogP contribution in [0.1, 0.15) is 32.6 Å². The third-order valence-corrected chi connectivity index (χ3v) is 3.98. The fourth-order valence-electron chi connectivity index (χ4n) is 0.651. The molecule has 0 saturated carbocycles.